The molecule has 6 N–H and O–H groups in total. The van der Waals surface area contributed by atoms with Crippen molar-refractivity contribution in [3.05, 3.63) is 119 Å². The van der Waals surface area contributed by atoms with Gasteiger partial charge in [0.1, 0.15) is 12.1 Å². The number of aldehydes is 1. The third-order valence-electron chi connectivity index (χ3n) is 7.98. The van der Waals surface area contributed by atoms with Gasteiger partial charge in [0, 0.05) is 42.2 Å². The van der Waals surface area contributed by atoms with Gasteiger partial charge >= 0.3 is 0 Å². The number of aliphatic hydroxyl groups is 1. The van der Waals surface area contributed by atoms with Gasteiger partial charge in [-0.3, -0.25) is 14.6 Å². The molecule has 4 aromatic carbocycles. The van der Waals surface area contributed by atoms with Crippen LogP contribution >= 0.6 is 0 Å². The van der Waals surface area contributed by atoms with Crippen LogP contribution in [0.3, 0.4) is 0 Å². The lowest BCUT2D eigenvalue weighted by Gasteiger charge is -2.14. The van der Waals surface area contributed by atoms with E-state index in [1.807, 2.05) is 79.7 Å². The third kappa shape index (κ3) is 4.77. The van der Waals surface area contributed by atoms with E-state index in [0.717, 1.165) is 52.5 Å². The topological polar surface area (TPSA) is 122 Å². The van der Waals surface area contributed by atoms with Gasteiger partial charge in [0.05, 0.1) is 11.1 Å². The van der Waals surface area contributed by atoms with Crippen molar-refractivity contribution >= 4 is 23.6 Å². The summed E-state index contributed by atoms with van der Waals surface area (Å²) in [6, 6.07) is 24.3. The fraction of sp³-hybridized carbons (Fsp3) is 0.152. The molecule has 8 heteroatoms. The third-order valence-corrected chi connectivity index (χ3v) is 7.98. The summed E-state index contributed by atoms with van der Waals surface area (Å²) in [5.74, 6) is 5.34. The maximum Gasteiger partial charge on any atom is 0.235 e. The molecule has 7 nitrogen and oxygen atoms in total. The van der Waals surface area contributed by atoms with E-state index in [4.69, 9.17) is 16.7 Å². The lowest BCUT2D eigenvalue weighted by Crippen LogP contribution is -2.24. The second-order valence-electron chi connectivity index (χ2n) is 10.2. The van der Waals surface area contributed by atoms with Gasteiger partial charge in [0.2, 0.25) is 5.91 Å². The number of benzene rings is 4. The van der Waals surface area contributed by atoms with Gasteiger partial charge in [-0.2, -0.15) is 0 Å². The van der Waals surface area contributed by atoms with Crippen molar-refractivity contribution in [1.82, 2.24) is 0 Å². The number of fused-ring (bicyclic) bond motifs is 2. The molecule has 2 aliphatic rings. The number of aryl methyl sites for hydroxylation is 1. The van der Waals surface area contributed by atoms with E-state index in [-0.39, 0.29) is 11.8 Å². The Morgan fingerprint density at radius 1 is 0.976 bits per heavy atom. The molecular formula is C33H31FN4O3. The zero-order chi connectivity index (χ0) is 29.3. The number of nitrogens with two attached hydrogens (primary N) is 2. The Kier molecular flexibility index (Phi) is 7.45. The molecule has 1 spiro atoms. The summed E-state index contributed by atoms with van der Waals surface area (Å²) >= 11 is 0. The van der Waals surface area contributed by atoms with Crippen molar-refractivity contribution in [3.63, 3.8) is 0 Å². The van der Waals surface area contributed by atoms with Crippen LogP contribution in [0.5, 0.6) is 0 Å². The Hall–Kier alpha value is -4.79. The Morgan fingerprint density at radius 3 is 2.24 bits per heavy atom. The maximum atomic E-state index is 15.3. The predicted molar refractivity (Wildman–Crippen MR) is 160 cm³/mol. The summed E-state index contributed by atoms with van der Waals surface area (Å²) in [4.78, 5) is 24.6. The molecule has 41 heavy (non-hydrogen) atoms. The minimum Gasteiger partial charge on any atom is -0.403 e. The van der Waals surface area contributed by atoms with Gasteiger partial charge in [-0.25, -0.2) is 10.2 Å². The number of hydrogen-bond acceptors (Lipinski definition) is 6. The highest BCUT2D eigenvalue weighted by Gasteiger charge is 2.65. The zero-order valence-corrected chi connectivity index (χ0v) is 22.8. The average molecular weight is 551 g/mol. The lowest BCUT2D eigenvalue weighted by atomic mass is 9.88. The molecule has 0 radical (unpaired) electrons. The SMILES string of the molecule is CO.Cc1ccc(C2CC23C(=O)Nc2cc(F)c(-c4ccc(-c5ccc(N(N)/C=C\N)cc5)cc4)cc23)cc1C=O. The summed E-state index contributed by atoms with van der Waals surface area (Å²) < 4.78 is 15.3. The molecule has 4 aromatic rings. The molecule has 2 atom stereocenters. The van der Waals surface area contributed by atoms with Gasteiger partial charge in [-0.05, 0) is 77.1 Å². The summed E-state index contributed by atoms with van der Waals surface area (Å²) in [5, 5.41) is 11.3. The van der Waals surface area contributed by atoms with E-state index in [0.29, 0.717) is 23.2 Å². The number of halogens is 1. The quantitative estimate of drug-likeness (QED) is 0.145. The van der Waals surface area contributed by atoms with Crippen molar-refractivity contribution in [2.45, 2.75) is 24.7 Å². The van der Waals surface area contributed by atoms with Crippen LogP contribution in [0.25, 0.3) is 22.3 Å². The Balaban J connectivity index is 0.00000165. The standard InChI is InChI=1S/C32H27FN4O2.CH4O/c1-19-2-3-23(14-24(19)18-38)28-17-32(28)27-15-26(29(33)16-30(27)36-31(32)39)22-6-4-20(5-7-22)21-8-10-25(11-9-21)37(35)13-12-34;1-2/h2-16,18,28H,17,34-35H2,1H3,(H,36,39);2H,1H3/b13-12-;. The van der Waals surface area contributed by atoms with Gasteiger partial charge in [-0.1, -0.05) is 48.5 Å². The molecule has 1 saturated carbocycles. The smallest absolute Gasteiger partial charge is 0.235 e. The fourth-order valence-corrected chi connectivity index (χ4v) is 5.69. The monoisotopic (exact) mass is 550 g/mol. The highest BCUT2D eigenvalue weighted by atomic mass is 19.1. The van der Waals surface area contributed by atoms with E-state index >= 15 is 4.39 Å². The minimum absolute atomic E-state index is 0.0634. The Morgan fingerprint density at radius 2 is 1.61 bits per heavy atom. The van der Waals surface area contributed by atoms with Gasteiger partial charge in [0.15, 0.2) is 0 Å². The Labute approximate surface area is 237 Å². The number of hydrogen-bond donors (Lipinski definition) is 4. The average Bonchev–Trinajstić information content (AvgIpc) is 3.69. The summed E-state index contributed by atoms with van der Waals surface area (Å²) in [6.07, 6.45) is 4.39. The molecule has 1 amide bonds. The first-order valence-electron chi connectivity index (χ1n) is 13.1. The van der Waals surface area contributed by atoms with Crippen LogP contribution in [-0.4, -0.2) is 24.4 Å². The summed E-state index contributed by atoms with van der Waals surface area (Å²) in [5.41, 5.74) is 12.4. The molecule has 0 bridgehead atoms. The van der Waals surface area contributed by atoms with Crippen LogP contribution in [0.15, 0.2) is 91.3 Å². The van der Waals surface area contributed by atoms with E-state index < -0.39 is 11.2 Å². The van der Waals surface area contributed by atoms with Crippen molar-refractivity contribution in [1.29, 1.82) is 0 Å². The van der Waals surface area contributed by atoms with E-state index in [9.17, 15) is 9.59 Å². The molecule has 0 saturated heterocycles. The van der Waals surface area contributed by atoms with Crippen molar-refractivity contribution in [2.75, 3.05) is 17.4 Å². The van der Waals surface area contributed by atoms with Crippen LogP contribution in [0.1, 0.15) is 39.4 Å². The van der Waals surface area contributed by atoms with Gasteiger partial charge < -0.3 is 16.2 Å². The zero-order valence-electron chi connectivity index (χ0n) is 22.8. The number of hydrazine groups is 1. The molecule has 1 heterocycles. The maximum absolute atomic E-state index is 15.3. The largest absolute Gasteiger partial charge is 0.403 e. The first kappa shape index (κ1) is 27.8. The number of aliphatic hydroxyl groups excluding tert-OH is 1. The normalized spacial score (nSPS) is 18.5. The highest BCUT2D eigenvalue weighted by Crippen LogP contribution is 2.65. The number of nitrogens with zero attached hydrogens (tertiary/aromatic N) is 1. The number of carbonyl (C=O) groups excluding carboxylic acids is 2. The molecule has 6 rings (SSSR count). The second-order valence-corrected chi connectivity index (χ2v) is 10.2. The molecule has 208 valence electrons. The summed E-state index contributed by atoms with van der Waals surface area (Å²) in [7, 11) is 1.00. The van der Waals surface area contributed by atoms with Crippen LogP contribution in [-0.2, 0) is 10.2 Å². The van der Waals surface area contributed by atoms with Crippen molar-refractivity contribution in [2.24, 2.45) is 11.6 Å². The van der Waals surface area contributed by atoms with Gasteiger partial charge in [-0.15, -0.1) is 0 Å². The van der Waals surface area contributed by atoms with E-state index in [1.54, 1.807) is 6.20 Å². The van der Waals surface area contributed by atoms with E-state index in [1.165, 1.54) is 17.3 Å². The van der Waals surface area contributed by atoms with Crippen LogP contribution in [0.2, 0.25) is 0 Å². The summed E-state index contributed by atoms with van der Waals surface area (Å²) in [6.45, 7) is 1.89. The predicted octanol–water partition coefficient (Wildman–Crippen LogP) is 5.38. The van der Waals surface area contributed by atoms with Crippen LogP contribution in [0, 0.1) is 12.7 Å². The highest BCUT2D eigenvalue weighted by molar-refractivity contribution is 6.10. The van der Waals surface area contributed by atoms with Crippen molar-refractivity contribution in [3.8, 4) is 22.3 Å². The molecule has 0 aromatic heterocycles. The second kappa shape index (κ2) is 11.0. The van der Waals surface area contributed by atoms with Crippen LogP contribution < -0.4 is 21.9 Å². The fourth-order valence-electron chi connectivity index (χ4n) is 5.69. The first-order chi connectivity index (χ1) is 19.8. The number of anilines is 2. The van der Waals surface area contributed by atoms with Gasteiger partial charge in [0.25, 0.3) is 0 Å². The molecular weight excluding hydrogens is 519 g/mol. The number of carbonyl (C=O) groups is 2. The first-order valence-corrected chi connectivity index (χ1v) is 13.1. The van der Waals surface area contributed by atoms with Crippen molar-refractivity contribution < 1.29 is 19.1 Å². The number of nitrogens with one attached hydrogen (secondary N) is 1. The molecule has 2 unspecified atom stereocenters. The molecule has 1 fully saturated rings. The molecule has 1 aliphatic heterocycles. The minimum atomic E-state index is -0.745. The molecule has 1 aliphatic carbocycles. The van der Waals surface area contributed by atoms with Crippen LogP contribution in [0.4, 0.5) is 15.8 Å². The number of rotatable bonds is 6. The number of amides is 1. The lowest BCUT2D eigenvalue weighted by molar-refractivity contribution is -0.118. The Bertz CT molecular complexity index is 1650. The van der Waals surface area contributed by atoms with E-state index in [2.05, 4.69) is 5.32 Å².